The highest BCUT2D eigenvalue weighted by atomic mass is 16.1. The molecule has 25 heavy (non-hydrogen) atoms. The zero-order valence-electron chi connectivity index (χ0n) is 14.9. The molecule has 132 valence electrons. The quantitative estimate of drug-likeness (QED) is 0.665. The Morgan fingerprint density at radius 3 is 2.68 bits per heavy atom. The molecule has 0 spiro atoms. The first-order valence-electron chi connectivity index (χ1n) is 8.38. The van der Waals surface area contributed by atoms with Gasteiger partial charge in [0, 0.05) is 23.5 Å². The van der Waals surface area contributed by atoms with Crippen LogP contribution in [0.15, 0.2) is 23.0 Å². The van der Waals surface area contributed by atoms with Crippen LogP contribution in [0.1, 0.15) is 30.8 Å². The predicted octanol–water partition coefficient (Wildman–Crippen LogP) is 2.51. The molecule has 7 heteroatoms. The molecular weight excluding hydrogens is 318 g/mol. The molecule has 0 atom stereocenters. The van der Waals surface area contributed by atoms with Crippen LogP contribution in [-0.4, -0.2) is 25.7 Å². The molecule has 3 N–H and O–H groups in total. The SMILES string of the molecule is Cc1nn(CC(C)C)c(C)c1CC(=O)Nc1ccc2[nH]c(=O)[nH]c2c1. The van der Waals surface area contributed by atoms with Gasteiger partial charge in [-0.1, -0.05) is 13.8 Å². The van der Waals surface area contributed by atoms with E-state index in [1.165, 1.54) is 0 Å². The Bertz CT molecular complexity index is 977. The van der Waals surface area contributed by atoms with Crippen molar-refractivity contribution in [3.05, 3.63) is 45.6 Å². The van der Waals surface area contributed by atoms with Crippen LogP contribution in [0.5, 0.6) is 0 Å². The van der Waals surface area contributed by atoms with Crippen molar-refractivity contribution < 1.29 is 4.79 Å². The summed E-state index contributed by atoms with van der Waals surface area (Å²) in [6.45, 7) is 9.06. The second kappa shape index (κ2) is 6.58. The lowest BCUT2D eigenvalue weighted by Crippen LogP contribution is -2.15. The summed E-state index contributed by atoms with van der Waals surface area (Å²) in [5, 5.41) is 7.43. The lowest BCUT2D eigenvalue weighted by Gasteiger charge is -2.08. The zero-order chi connectivity index (χ0) is 18.1. The molecule has 0 aliphatic rings. The number of carbonyl (C=O) groups is 1. The molecule has 1 aromatic carbocycles. The molecule has 0 fully saturated rings. The molecule has 7 nitrogen and oxygen atoms in total. The number of hydrogen-bond acceptors (Lipinski definition) is 3. The highest BCUT2D eigenvalue weighted by Gasteiger charge is 2.16. The molecule has 0 unspecified atom stereocenters. The van der Waals surface area contributed by atoms with Gasteiger partial charge in [-0.15, -0.1) is 0 Å². The number of amides is 1. The molecule has 3 rings (SSSR count). The predicted molar refractivity (Wildman–Crippen MR) is 97.8 cm³/mol. The molecule has 1 amide bonds. The molecular formula is C18H23N5O2. The van der Waals surface area contributed by atoms with Gasteiger partial charge in [0.2, 0.25) is 5.91 Å². The highest BCUT2D eigenvalue weighted by molar-refractivity contribution is 5.94. The number of aromatic nitrogens is 4. The molecule has 0 aliphatic carbocycles. The normalized spacial score (nSPS) is 11.4. The van der Waals surface area contributed by atoms with Crippen LogP contribution in [0.3, 0.4) is 0 Å². The first kappa shape index (κ1) is 17.0. The van der Waals surface area contributed by atoms with Crippen LogP contribution in [0.2, 0.25) is 0 Å². The Hall–Kier alpha value is -2.83. The number of carbonyl (C=O) groups excluding carboxylic acids is 1. The van der Waals surface area contributed by atoms with E-state index < -0.39 is 0 Å². The van der Waals surface area contributed by atoms with Crippen molar-refractivity contribution in [1.82, 2.24) is 19.7 Å². The smallest absolute Gasteiger partial charge is 0.323 e. The topological polar surface area (TPSA) is 95.6 Å². The van der Waals surface area contributed by atoms with Gasteiger partial charge >= 0.3 is 5.69 Å². The number of rotatable bonds is 5. The van der Waals surface area contributed by atoms with Crippen LogP contribution in [0, 0.1) is 19.8 Å². The van der Waals surface area contributed by atoms with Crippen LogP contribution in [-0.2, 0) is 17.8 Å². The Labute approximate surface area is 145 Å². The first-order valence-corrected chi connectivity index (χ1v) is 8.38. The van der Waals surface area contributed by atoms with Crippen molar-refractivity contribution in [3.8, 4) is 0 Å². The second-order valence-corrected chi connectivity index (χ2v) is 6.79. The number of imidazole rings is 1. The van der Waals surface area contributed by atoms with Gasteiger partial charge in [0.1, 0.15) is 0 Å². The maximum absolute atomic E-state index is 12.4. The van der Waals surface area contributed by atoms with E-state index in [4.69, 9.17) is 0 Å². The summed E-state index contributed by atoms with van der Waals surface area (Å²) in [4.78, 5) is 29.1. The molecule has 2 aromatic heterocycles. The van der Waals surface area contributed by atoms with Gasteiger partial charge in [-0.3, -0.25) is 9.48 Å². The largest absolute Gasteiger partial charge is 0.326 e. The third-order valence-electron chi connectivity index (χ3n) is 4.21. The van der Waals surface area contributed by atoms with Crippen molar-refractivity contribution in [2.24, 2.45) is 5.92 Å². The number of benzene rings is 1. The lowest BCUT2D eigenvalue weighted by atomic mass is 10.1. The third kappa shape index (κ3) is 3.65. The van der Waals surface area contributed by atoms with Gasteiger partial charge in [-0.2, -0.15) is 5.10 Å². The summed E-state index contributed by atoms with van der Waals surface area (Å²) in [6, 6.07) is 5.28. The average molecular weight is 341 g/mol. The summed E-state index contributed by atoms with van der Waals surface area (Å²) >= 11 is 0. The summed E-state index contributed by atoms with van der Waals surface area (Å²) in [5.74, 6) is 0.391. The average Bonchev–Trinajstić information content (AvgIpc) is 3.00. The number of nitrogens with one attached hydrogen (secondary N) is 3. The second-order valence-electron chi connectivity index (χ2n) is 6.79. The van der Waals surface area contributed by atoms with E-state index in [0.717, 1.165) is 23.5 Å². The maximum atomic E-state index is 12.4. The van der Waals surface area contributed by atoms with Crippen molar-refractivity contribution in [2.75, 3.05) is 5.32 Å². The van der Waals surface area contributed by atoms with Gasteiger partial charge in [0.15, 0.2) is 0 Å². The summed E-state index contributed by atoms with van der Waals surface area (Å²) in [5.41, 5.74) is 4.66. The van der Waals surface area contributed by atoms with E-state index in [2.05, 4.69) is 34.2 Å². The fourth-order valence-electron chi connectivity index (χ4n) is 2.99. The molecule has 0 saturated carbocycles. The van der Waals surface area contributed by atoms with E-state index in [-0.39, 0.29) is 18.0 Å². The monoisotopic (exact) mass is 341 g/mol. The summed E-state index contributed by atoms with van der Waals surface area (Å²) in [6.07, 6.45) is 0.275. The number of aromatic amines is 2. The Kier molecular flexibility index (Phi) is 4.48. The van der Waals surface area contributed by atoms with Crippen LogP contribution in [0.25, 0.3) is 11.0 Å². The number of anilines is 1. The number of nitrogens with zero attached hydrogens (tertiary/aromatic N) is 2. The minimum absolute atomic E-state index is 0.104. The van der Waals surface area contributed by atoms with Crippen LogP contribution in [0.4, 0.5) is 5.69 Å². The number of H-pyrrole nitrogens is 2. The van der Waals surface area contributed by atoms with Crippen molar-refractivity contribution in [3.63, 3.8) is 0 Å². The van der Waals surface area contributed by atoms with Crippen molar-refractivity contribution >= 4 is 22.6 Å². The fourth-order valence-corrected chi connectivity index (χ4v) is 2.99. The van der Waals surface area contributed by atoms with Crippen LogP contribution < -0.4 is 11.0 Å². The van der Waals surface area contributed by atoms with E-state index in [1.54, 1.807) is 18.2 Å². The molecule has 0 radical (unpaired) electrons. The Morgan fingerprint density at radius 2 is 1.96 bits per heavy atom. The Balaban J connectivity index is 1.75. The third-order valence-corrected chi connectivity index (χ3v) is 4.21. The molecule has 0 saturated heterocycles. The minimum Gasteiger partial charge on any atom is -0.326 e. The van der Waals surface area contributed by atoms with E-state index in [0.29, 0.717) is 22.6 Å². The van der Waals surface area contributed by atoms with Crippen molar-refractivity contribution in [1.29, 1.82) is 0 Å². The van der Waals surface area contributed by atoms with Crippen LogP contribution >= 0.6 is 0 Å². The first-order chi connectivity index (χ1) is 11.8. The van der Waals surface area contributed by atoms with Crippen molar-refractivity contribution in [2.45, 2.75) is 40.7 Å². The van der Waals surface area contributed by atoms with E-state index in [1.807, 2.05) is 18.5 Å². The zero-order valence-corrected chi connectivity index (χ0v) is 14.9. The van der Waals surface area contributed by atoms with Gasteiger partial charge in [0.25, 0.3) is 0 Å². The molecule has 2 heterocycles. The molecule has 0 aliphatic heterocycles. The van der Waals surface area contributed by atoms with E-state index >= 15 is 0 Å². The van der Waals surface area contributed by atoms with E-state index in [9.17, 15) is 9.59 Å². The van der Waals surface area contributed by atoms with Gasteiger partial charge < -0.3 is 15.3 Å². The summed E-state index contributed by atoms with van der Waals surface area (Å²) < 4.78 is 1.97. The maximum Gasteiger partial charge on any atom is 0.323 e. The molecule has 3 aromatic rings. The fraction of sp³-hybridized carbons (Fsp3) is 0.389. The highest BCUT2D eigenvalue weighted by Crippen LogP contribution is 2.18. The minimum atomic E-state index is -0.262. The molecule has 0 bridgehead atoms. The van der Waals surface area contributed by atoms with Gasteiger partial charge in [-0.05, 0) is 38.0 Å². The van der Waals surface area contributed by atoms with Gasteiger partial charge in [0.05, 0.1) is 23.1 Å². The standard InChI is InChI=1S/C18H23N5O2/c1-10(2)9-23-12(4)14(11(3)22-23)8-17(24)19-13-5-6-15-16(7-13)21-18(25)20-15/h5-7,10H,8-9H2,1-4H3,(H,19,24)(H2,20,21,25). The lowest BCUT2D eigenvalue weighted by molar-refractivity contribution is -0.115. The van der Waals surface area contributed by atoms with Gasteiger partial charge in [-0.25, -0.2) is 4.79 Å². The Morgan fingerprint density at radius 1 is 1.24 bits per heavy atom. The summed E-state index contributed by atoms with van der Waals surface area (Å²) in [7, 11) is 0. The number of fused-ring (bicyclic) bond motifs is 1. The number of hydrogen-bond donors (Lipinski definition) is 3. The number of aryl methyl sites for hydroxylation is 1.